The summed E-state index contributed by atoms with van der Waals surface area (Å²) >= 11 is 0. The molecule has 0 spiro atoms. The number of H-pyrrole nitrogens is 1. The van der Waals surface area contributed by atoms with Crippen molar-refractivity contribution in [3.8, 4) is 23.0 Å². The maximum atomic E-state index is 5.13. The second-order valence-corrected chi connectivity index (χ2v) is 4.04. The van der Waals surface area contributed by atoms with Gasteiger partial charge in [0.1, 0.15) is 11.6 Å². The van der Waals surface area contributed by atoms with E-state index in [0.717, 1.165) is 22.7 Å². The lowest BCUT2D eigenvalue weighted by Crippen LogP contribution is -1.86. The first-order valence-corrected chi connectivity index (χ1v) is 5.85. The highest BCUT2D eigenvalue weighted by Gasteiger charge is 2.07. The first kappa shape index (κ1) is 11.5. The smallest absolute Gasteiger partial charge is 0.215 e. The molecule has 1 aromatic carbocycles. The minimum Gasteiger partial charge on any atom is -0.497 e. The van der Waals surface area contributed by atoms with Crippen molar-refractivity contribution in [1.29, 1.82) is 0 Å². The summed E-state index contributed by atoms with van der Waals surface area (Å²) in [5.41, 5.74) is 2.51. The van der Waals surface area contributed by atoms with Crippen molar-refractivity contribution in [3.05, 3.63) is 36.4 Å². The Morgan fingerprint density at radius 1 is 0.895 bits per heavy atom. The molecule has 2 aromatic heterocycles. The van der Waals surface area contributed by atoms with E-state index in [4.69, 9.17) is 9.47 Å². The van der Waals surface area contributed by atoms with Crippen LogP contribution in [0.3, 0.4) is 0 Å². The second-order valence-electron chi connectivity index (χ2n) is 4.04. The first-order valence-electron chi connectivity index (χ1n) is 5.85. The van der Waals surface area contributed by atoms with Gasteiger partial charge in [-0.1, -0.05) is 0 Å². The number of hydrogen-bond acceptors (Lipinski definition) is 4. The van der Waals surface area contributed by atoms with Gasteiger partial charge >= 0.3 is 0 Å². The molecule has 3 rings (SSSR count). The Hall–Kier alpha value is -2.56. The Morgan fingerprint density at radius 2 is 1.68 bits per heavy atom. The molecule has 0 amide bonds. The minimum absolute atomic E-state index is 0.556. The summed E-state index contributed by atoms with van der Waals surface area (Å²) in [6, 6.07) is 11.4. The van der Waals surface area contributed by atoms with Crippen LogP contribution in [0, 0.1) is 0 Å². The lowest BCUT2D eigenvalue weighted by Gasteiger charge is -2.00. The van der Waals surface area contributed by atoms with Crippen molar-refractivity contribution in [3.63, 3.8) is 0 Å². The Balaban J connectivity index is 2.04. The molecule has 0 saturated heterocycles. The summed E-state index contributed by atoms with van der Waals surface area (Å²) in [5, 5.41) is 0. The molecule has 19 heavy (non-hydrogen) atoms. The van der Waals surface area contributed by atoms with Crippen LogP contribution in [0.4, 0.5) is 0 Å². The summed E-state index contributed by atoms with van der Waals surface area (Å²) < 4.78 is 10.2. The number of methoxy groups -OCH3 is 2. The summed E-state index contributed by atoms with van der Waals surface area (Å²) in [7, 11) is 3.23. The van der Waals surface area contributed by atoms with Gasteiger partial charge in [-0.15, -0.1) is 0 Å². The van der Waals surface area contributed by atoms with Crippen LogP contribution in [0.15, 0.2) is 36.4 Å². The van der Waals surface area contributed by atoms with Gasteiger partial charge in [-0.05, 0) is 30.3 Å². The van der Waals surface area contributed by atoms with E-state index < -0.39 is 0 Å². The van der Waals surface area contributed by atoms with E-state index in [9.17, 15) is 0 Å². The van der Waals surface area contributed by atoms with Crippen LogP contribution in [0.5, 0.6) is 11.6 Å². The molecule has 0 aliphatic rings. The Labute approximate surface area is 110 Å². The van der Waals surface area contributed by atoms with Gasteiger partial charge in [0.2, 0.25) is 5.88 Å². The predicted molar refractivity (Wildman–Crippen MR) is 72.4 cm³/mol. The van der Waals surface area contributed by atoms with Gasteiger partial charge in [-0.2, -0.15) is 4.98 Å². The lowest BCUT2D eigenvalue weighted by atomic mass is 10.2. The number of rotatable bonds is 3. The van der Waals surface area contributed by atoms with Gasteiger partial charge in [0, 0.05) is 11.6 Å². The second kappa shape index (κ2) is 4.61. The number of aromatic nitrogens is 3. The molecule has 0 saturated carbocycles. The molecule has 0 unspecified atom stereocenters. The van der Waals surface area contributed by atoms with Gasteiger partial charge < -0.3 is 14.5 Å². The molecule has 5 heteroatoms. The Kier molecular flexibility index (Phi) is 2.79. The van der Waals surface area contributed by atoms with Crippen molar-refractivity contribution in [2.45, 2.75) is 0 Å². The third kappa shape index (κ3) is 2.10. The number of nitrogens with zero attached hydrogens (tertiary/aromatic N) is 2. The molecule has 96 valence electrons. The molecule has 0 radical (unpaired) electrons. The van der Waals surface area contributed by atoms with E-state index >= 15 is 0 Å². The van der Waals surface area contributed by atoms with E-state index in [2.05, 4.69) is 15.0 Å². The van der Waals surface area contributed by atoms with Crippen molar-refractivity contribution >= 4 is 11.2 Å². The number of nitrogens with one attached hydrogen (secondary N) is 1. The SMILES string of the molecule is COc1ccc(-c2nc3nc(OC)ccc3[nH]2)cc1. The van der Waals surface area contributed by atoms with Gasteiger partial charge in [-0.25, -0.2) is 4.98 Å². The van der Waals surface area contributed by atoms with Crippen LogP contribution < -0.4 is 9.47 Å². The number of hydrogen-bond donors (Lipinski definition) is 1. The topological polar surface area (TPSA) is 60.0 Å². The van der Waals surface area contributed by atoms with E-state index in [1.165, 1.54) is 0 Å². The monoisotopic (exact) mass is 255 g/mol. The van der Waals surface area contributed by atoms with Gasteiger partial charge in [-0.3, -0.25) is 0 Å². The van der Waals surface area contributed by atoms with E-state index in [-0.39, 0.29) is 0 Å². The first-order chi connectivity index (χ1) is 9.30. The van der Waals surface area contributed by atoms with Crippen LogP contribution in [0.25, 0.3) is 22.6 Å². The third-order valence-corrected chi connectivity index (χ3v) is 2.89. The van der Waals surface area contributed by atoms with Crippen LogP contribution in [0.2, 0.25) is 0 Å². The zero-order chi connectivity index (χ0) is 13.2. The molecule has 3 aromatic rings. The molecule has 0 aliphatic heterocycles. The summed E-state index contributed by atoms with van der Waals surface area (Å²) in [5.74, 6) is 2.15. The molecule has 0 aliphatic carbocycles. The van der Waals surface area contributed by atoms with Gasteiger partial charge in [0.05, 0.1) is 19.7 Å². The fourth-order valence-corrected chi connectivity index (χ4v) is 1.87. The predicted octanol–water partition coefficient (Wildman–Crippen LogP) is 2.64. The number of pyridine rings is 1. The fraction of sp³-hybridized carbons (Fsp3) is 0.143. The molecule has 1 N–H and O–H groups in total. The van der Waals surface area contributed by atoms with Crippen molar-refractivity contribution in [2.75, 3.05) is 14.2 Å². The number of ether oxygens (including phenoxy) is 2. The normalized spacial score (nSPS) is 10.6. The van der Waals surface area contributed by atoms with Gasteiger partial charge in [0.25, 0.3) is 0 Å². The Bertz CT molecular complexity index is 704. The van der Waals surface area contributed by atoms with Crippen LogP contribution in [-0.4, -0.2) is 29.2 Å². The molecular weight excluding hydrogens is 242 g/mol. The average Bonchev–Trinajstić information content (AvgIpc) is 2.90. The zero-order valence-electron chi connectivity index (χ0n) is 10.7. The third-order valence-electron chi connectivity index (χ3n) is 2.89. The highest BCUT2D eigenvalue weighted by molar-refractivity contribution is 5.76. The van der Waals surface area contributed by atoms with E-state index in [1.54, 1.807) is 20.3 Å². The quantitative estimate of drug-likeness (QED) is 0.781. The molecular formula is C14H13N3O2. The van der Waals surface area contributed by atoms with E-state index in [0.29, 0.717) is 11.5 Å². The van der Waals surface area contributed by atoms with Crippen LogP contribution in [0.1, 0.15) is 0 Å². The maximum Gasteiger partial charge on any atom is 0.215 e. The van der Waals surface area contributed by atoms with Crippen molar-refractivity contribution < 1.29 is 9.47 Å². The van der Waals surface area contributed by atoms with E-state index in [1.807, 2.05) is 30.3 Å². The summed E-state index contributed by atoms with van der Waals surface area (Å²) in [4.78, 5) is 12.0. The number of benzene rings is 1. The van der Waals surface area contributed by atoms with Gasteiger partial charge in [0.15, 0.2) is 5.65 Å². The van der Waals surface area contributed by atoms with Crippen molar-refractivity contribution in [1.82, 2.24) is 15.0 Å². The maximum absolute atomic E-state index is 5.13. The zero-order valence-corrected chi connectivity index (χ0v) is 10.7. The van der Waals surface area contributed by atoms with Crippen LogP contribution >= 0.6 is 0 Å². The molecule has 2 heterocycles. The molecule has 0 bridgehead atoms. The lowest BCUT2D eigenvalue weighted by molar-refractivity contribution is 0.399. The number of imidazole rings is 1. The average molecular weight is 255 g/mol. The van der Waals surface area contributed by atoms with Crippen LogP contribution in [-0.2, 0) is 0 Å². The highest BCUT2D eigenvalue weighted by Crippen LogP contribution is 2.23. The highest BCUT2D eigenvalue weighted by atomic mass is 16.5. The largest absolute Gasteiger partial charge is 0.497 e. The standard InChI is InChI=1S/C14H13N3O2/c1-18-10-5-3-9(4-6-10)13-15-11-7-8-12(19-2)16-14(11)17-13/h3-8H,1-2H3,(H,15,16,17). The molecule has 5 nitrogen and oxygen atoms in total. The molecule has 0 atom stereocenters. The Morgan fingerprint density at radius 3 is 2.37 bits per heavy atom. The number of fused-ring (bicyclic) bond motifs is 1. The number of aromatic amines is 1. The molecule has 0 fully saturated rings. The van der Waals surface area contributed by atoms with Crippen molar-refractivity contribution in [2.24, 2.45) is 0 Å². The fourth-order valence-electron chi connectivity index (χ4n) is 1.87. The summed E-state index contributed by atoms with van der Waals surface area (Å²) in [6.07, 6.45) is 0. The summed E-state index contributed by atoms with van der Waals surface area (Å²) in [6.45, 7) is 0. The minimum atomic E-state index is 0.556.